The maximum Gasteiger partial charge on any atom is 0.315 e. The highest BCUT2D eigenvalue weighted by atomic mass is 16.7. The Kier molecular flexibility index (Phi) is 4.82. The van der Waals surface area contributed by atoms with Crippen LogP contribution in [0.3, 0.4) is 0 Å². The lowest BCUT2D eigenvalue weighted by molar-refractivity contribution is 0.174. The van der Waals surface area contributed by atoms with Gasteiger partial charge in [-0.25, -0.2) is 4.79 Å². The van der Waals surface area contributed by atoms with Gasteiger partial charge >= 0.3 is 6.03 Å². The Bertz CT molecular complexity index is 947. The van der Waals surface area contributed by atoms with Gasteiger partial charge in [-0.1, -0.05) is 12.1 Å². The number of amides is 2. The van der Waals surface area contributed by atoms with Gasteiger partial charge in [-0.15, -0.1) is 0 Å². The van der Waals surface area contributed by atoms with E-state index in [0.717, 1.165) is 28.1 Å². The molecule has 0 unspecified atom stereocenters. The van der Waals surface area contributed by atoms with Crippen LogP contribution in [-0.2, 0) is 13.1 Å². The van der Waals surface area contributed by atoms with Gasteiger partial charge in [-0.05, 0) is 41.5 Å². The maximum absolute atomic E-state index is 12.2. The minimum atomic E-state index is -0.253. The van der Waals surface area contributed by atoms with Crippen LogP contribution < -0.4 is 20.1 Å². The number of hydrogen-bond acceptors (Lipinski definition) is 5. The first kappa shape index (κ1) is 16.8. The van der Waals surface area contributed by atoms with E-state index in [1.54, 1.807) is 18.6 Å². The van der Waals surface area contributed by atoms with E-state index in [2.05, 4.69) is 20.6 Å². The van der Waals surface area contributed by atoms with E-state index in [0.29, 0.717) is 18.8 Å². The molecule has 0 saturated heterocycles. The lowest BCUT2D eigenvalue weighted by atomic mass is 10.1. The van der Waals surface area contributed by atoms with Gasteiger partial charge in [0.25, 0.3) is 0 Å². The zero-order chi connectivity index (χ0) is 18.5. The summed E-state index contributed by atoms with van der Waals surface area (Å²) >= 11 is 0. The van der Waals surface area contributed by atoms with Crippen molar-refractivity contribution in [2.45, 2.75) is 13.1 Å². The molecule has 0 saturated carbocycles. The Morgan fingerprint density at radius 3 is 2.67 bits per heavy atom. The molecule has 7 nitrogen and oxygen atoms in total. The zero-order valence-electron chi connectivity index (χ0n) is 14.5. The number of nitrogens with one attached hydrogen (secondary N) is 2. The third kappa shape index (κ3) is 3.98. The molecule has 0 aliphatic carbocycles. The zero-order valence-corrected chi connectivity index (χ0v) is 14.5. The summed E-state index contributed by atoms with van der Waals surface area (Å²) in [7, 11) is 0. The van der Waals surface area contributed by atoms with Crippen LogP contribution in [0.5, 0.6) is 11.5 Å². The standard InChI is InChI=1S/C20H18N4O3/c25-20(23-11-14-3-4-17-18(10-14)27-13-26-17)24-12-16-2-1-7-22-19(16)15-5-8-21-9-6-15/h1-10H,11-13H2,(H2,23,24,25). The molecule has 0 radical (unpaired) electrons. The van der Waals surface area contributed by atoms with Crippen LogP contribution in [0.25, 0.3) is 11.3 Å². The van der Waals surface area contributed by atoms with Crippen LogP contribution in [0.4, 0.5) is 4.79 Å². The summed E-state index contributed by atoms with van der Waals surface area (Å²) in [6.45, 7) is 1.00. The lowest BCUT2D eigenvalue weighted by Crippen LogP contribution is -2.34. The van der Waals surface area contributed by atoms with Crippen molar-refractivity contribution in [1.82, 2.24) is 20.6 Å². The number of hydrogen-bond donors (Lipinski definition) is 2. The normalized spacial score (nSPS) is 11.9. The molecule has 136 valence electrons. The van der Waals surface area contributed by atoms with Crippen LogP contribution in [0.15, 0.2) is 61.1 Å². The summed E-state index contributed by atoms with van der Waals surface area (Å²) in [5.74, 6) is 1.43. The number of carbonyl (C=O) groups is 1. The summed E-state index contributed by atoms with van der Waals surface area (Å²) in [4.78, 5) is 20.6. The van der Waals surface area contributed by atoms with Gasteiger partial charge in [-0.2, -0.15) is 0 Å². The number of aromatic nitrogens is 2. The van der Waals surface area contributed by atoms with Gasteiger partial charge in [-0.3, -0.25) is 9.97 Å². The van der Waals surface area contributed by atoms with Crippen LogP contribution in [0, 0.1) is 0 Å². The van der Waals surface area contributed by atoms with E-state index >= 15 is 0 Å². The number of rotatable bonds is 5. The molecule has 1 aliphatic rings. The summed E-state index contributed by atoms with van der Waals surface area (Å²) in [5, 5.41) is 5.71. The van der Waals surface area contributed by atoms with Crippen molar-refractivity contribution < 1.29 is 14.3 Å². The molecule has 0 bridgehead atoms. The quantitative estimate of drug-likeness (QED) is 0.729. The highest BCUT2D eigenvalue weighted by molar-refractivity contribution is 5.74. The fourth-order valence-corrected chi connectivity index (χ4v) is 2.82. The van der Waals surface area contributed by atoms with Crippen molar-refractivity contribution in [3.05, 3.63) is 72.2 Å². The number of benzene rings is 1. The van der Waals surface area contributed by atoms with E-state index in [1.807, 2.05) is 42.5 Å². The topological polar surface area (TPSA) is 85.4 Å². The minimum absolute atomic E-state index is 0.234. The van der Waals surface area contributed by atoms with Crippen LogP contribution in [0.1, 0.15) is 11.1 Å². The Labute approximate surface area is 156 Å². The van der Waals surface area contributed by atoms with Crippen molar-refractivity contribution in [3.63, 3.8) is 0 Å². The van der Waals surface area contributed by atoms with Crippen molar-refractivity contribution in [3.8, 4) is 22.8 Å². The van der Waals surface area contributed by atoms with Gasteiger partial charge in [0.15, 0.2) is 11.5 Å². The third-order valence-electron chi connectivity index (χ3n) is 4.17. The Balaban J connectivity index is 1.35. The second-order valence-corrected chi connectivity index (χ2v) is 5.97. The molecular formula is C20H18N4O3. The predicted molar refractivity (Wildman–Crippen MR) is 99.1 cm³/mol. The second-order valence-electron chi connectivity index (χ2n) is 5.97. The summed E-state index contributed by atoms with van der Waals surface area (Å²) in [5.41, 5.74) is 3.66. The SMILES string of the molecule is O=C(NCc1ccc2c(c1)OCO2)NCc1cccnc1-c1ccncc1. The molecule has 0 atom stereocenters. The van der Waals surface area contributed by atoms with Crippen molar-refractivity contribution in [2.75, 3.05) is 6.79 Å². The van der Waals surface area contributed by atoms with Gasteiger partial charge in [0.05, 0.1) is 5.69 Å². The highest BCUT2D eigenvalue weighted by Crippen LogP contribution is 2.32. The fraction of sp³-hybridized carbons (Fsp3) is 0.150. The van der Waals surface area contributed by atoms with Crippen molar-refractivity contribution in [2.24, 2.45) is 0 Å². The molecular weight excluding hydrogens is 344 g/mol. The number of fused-ring (bicyclic) bond motifs is 1. The Hall–Kier alpha value is -3.61. The second kappa shape index (κ2) is 7.74. The van der Waals surface area contributed by atoms with Crippen molar-refractivity contribution in [1.29, 1.82) is 0 Å². The molecule has 2 aromatic heterocycles. The first-order valence-electron chi connectivity index (χ1n) is 8.54. The molecule has 2 amide bonds. The van der Waals surface area contributed by atoms with E-state index in [4.69, 9.17) is 9.47 Å². The summed E-state index contributed by atoms with van der Waals surface area (Å²) in [6, 6.07) is 12.9. The highest BCUT2D eigenvalue weighted by Gasteiger charge is 2.13. The van der Waals surface area contributed by atoms with Crippen LogP contribution in [0.2, 0.25) is 0 Å². The lowest BCUT2D eigenvalue weighted by Gasteiger charge is -2.11. The molecule has 3 heterocycles. The molecule has 4 rings (SSSR count). The molecule has 1 aliphatic heterocycles. The average Bonchev–Trinajstić information content (AvgIpc) is 3.19. The first-order valence-corrected chi connectivity index (χ1v) is 8.54. The van der Waals surface area contributed by atoms with E-state index in [9.17, 15) is 4.79 Å². The van der Waals surface area contributed by atoms with E-state index in [-0.39, 0.29) is 12.8 Å². The molecule has 0 fully saturated rings. The fourth-order valence-electron chi connectivity index (χ4n) is 2.82. The largest absolute Gasteiger partial charge is 0.454 e. The van der Waals surface area contributed by atoms with Gasteiger partial charge in [0.2, 0.25) is 6.79 Å². The number of urea groups is 1. The van der Waals surface area contributed by atoms with E-state index in [1.165, 1.54) is 0 Å². The monoisotopic (exact) mass is 362 g/mol. The Morgan fingerprint density at radius 1 is 0.963 bits per heavy atom. The van der Waals surface area contributed by atoms with Gasteiger partial charge in [0.1, 0.15) is 0 Å². The molecule has 27 heavy (non-hydrogen) atoms. The molecule has 1 aromatic carbocycles. The molecule has 7 heteroatoms. The number of carbonyl (C=O) groups excluding carboxylic acids is 1. The van der Waals surface area contributed by atoms with Crippen LogP contribution in [-0.4, -0.2) is 22.8 Å². The molecule has 2 N–H and O–H groups in total. The summed E-state index contributed by atoms with van der Waals surface area (Å²) < 4.78 is 10.6. The smallest absolute Gasteiger partial charge is 0.315 e. The van der Waals surface area contributed by atoms with Crippen LogP contribution >= 0.6 is 0 Å². The number of ether oxygens (including phenoxy) is 2. The number of pyridine rings is 2. The van der Waals surface area contributed by atoms with Gasteiger partial charge < -0.3 is 20.1 Å². The molecule has 0 spiro atoms. The van der Waals surface area contributed by atoms with E-state index < -0.39 is 0 Å². The predicted octanol–water partition coefficient (Wildman–Crippen LogP) is 2.87. The minimum Gasteiger partial charge on any atom is -0.454 e. The summed E-state index contributed by atoms with van der Waals surface area (Å²) in [6.07, 6.45) is 5.18. The third-order valence-corrected chi connectivity index (χ3v) is 4.17. The van der Waals surface area contributed by atoms with Gasteiger partial charge in [0, 0.05) is 37.2 Å². The average molecular weight is 362 g/mol. The Morgan fingerprint density at radius 2 is 1.78 bits per heavy atom. The first-order chi connectivity index (χ1) is 13.3. The molecule has 3 aromatic rings. The number of nitrogens with zero attached hydrogens (tertiary/aromatic N) is 2. The van der Waals surface area contributed by atoms with Crippen molar-refractivity contribution >= 4 is 6.03 Å². The maximum atomic E-state index is 12.2.